The van der Waals surface area contributed by atoms with Crippen LogP contribution in [0, 0.1) is 0 Å². The maximum absolute atomic E-state index is 12.5. The third-order valence-corrected chi connectivity index (χ3v) is 6.50. The number of hydrogen-bond acceptors (Lipinski definition) is 13. The molecule has 0 heterocycles. The average Bonchev–Trinajstić information content (AvgIpc) is 2.91. The summed E-state index contributed by atoms with van der Waals surface area (Å²) in [5.74, 6) is -13.0. The van der Waals surface area contributed by atoms with Crippen LogP contribution in [0.3, 0.4) is 0 Å². The minimum absolute atomic E-state index is 0.107. The van der Waals surface area contributed by atoms with E-state index in [1.165, 1.54) is 6.07 Å². The molecule has 0 aromatic heterocycles. The van der Waals surface area contributed by atoms with Gasteiger partial charge in [-0.3, -0.25) is 19.2 Å². The van der Waals surface area contributed by atoms with Crippen LogP contribution in [0.4, 0.5) is 0 Å². The van der Waals surface area contributed by atoms with Crippen LogP contribution in [0.15, 0.2) is 24.3 Å². The Morgan fingerprint density at radius 1 is 1.00 bits per heavy atom. The van der Waals surface area contributed by atoms with Crippen molar-refractivity contribution in [3.8, 4) is 11.5 Å². The van der Waals surface area contributed by atoms with Gasteiger partial charge >= 0.3 is 29.8 Å². The number of carbonyl (C=O) groups is 7. The molecule has 0 aliphatic rings. The fourth-order valence-corrected chi connectivity index (χ4v) is 4.07. The van der Waals surface area contributed by atoms with Gasteiger partial charge < -0.3 is 56.8 Å². The second-order valence-corrected chi connectivity index (χ2v) is 9.47. The lowest BCUT2D eigenvalue weighted by Gasteiger charge is -2.31. The summed E-state index contributed by atoms with van der Waals surface area (Å²) in [7, 11) is 0. The average molecular weight is 618 g/mol. The molecule has 0 radical (unpaired) electrons. The van der Waals surface area contributed by atoms with Gasteiger partial charge in [-0.2, -0.15) is 0 Å². The minimum Gasteiger partial charge on any atom is -0.504 e. The van der Waals surface area contributed by atoms with Crippen molar-refractivity contribution in [2.24, 2.45) is 5.73 Å². The highest BCUT2D eigenvalue weighted by Gasteiger charge is 2.54. The van der Waals surface area contributed by atoms with Gasteiger partial charge in [-0.1, -0.05) is 17.8 Å². The van der Waals surface area contributed by atoms with Crippen molar-refractivity contribution < 1.29 is 74.0 Å². The first kappa shape index (κ1) is 35.1. The number of carbonyl (C=O) groups excluding carboxylic acids is 3. The Balaban J connectivity index is 3.27. The van der Waals surface area contributed by atoms with E-state index in [2.05, 4.69) is 5.32 Å². The van der Waals surface area contributed by atoms with Gasteiger partial charge in [0, 0.05) is 18.2 Å². The minimum atomic E-state index is -3.33. The Bertz CT molecular complexity index is 1250. The summed E-state index contributed by atoms with van der Waals surface area (Å²) in [4.78, 5) is 79.4. The van der Waals surface area contributed by atoms with Crippen molar-refractivity contribution in [2.45, 2.75) is 36.0 Å². The third-order valence-electron chi connectivity index (χ3n) is 5.09. The standard InChI is InChI=1S/C23H27N3O15S/c24-11(20(35)36)3-5-15(29)26-12(19(34)25-8-16(30)31)9-42-23(22(39)40,18(33)21(37)38)41-17(32)6-2-10-1-4-13(27)14(28)7-10/h1-2,4,6-7,11-12,18,27-28,33H,3,5,8-9,24H2,(H,25,34)(H,26,29)(H,30,31)(H,35,36)(H,37,38)(H,39,40)/b6-2+/t11-,12-,18?,23?/m0/s1. The van der Waals surface area contributed by atoms with Crippen molar-refractivity contribution in [1.29, 1.82) is 0 Å². The number of hydrogen-bond donors (Lipinski definition) is 10. The van der Waals surface area contributed by atoms with Crippen molar-refractivity contribution in [3.63, 3.8) is 0 Å². The van der Waals surface area contributed by atoms with Crippen LogP contribution in [0.25, 0.3) is 6.08 Å². The molecule has 19 heteroatoms. The summed E-state index contributed by atoms with van der Waals surface area (Å²) in [6.07, 6.45) is -2.30. The first-order valence-electron chi connectivity index (χ1n) is 11.5. The summed E-state index contributed by atoms with van der Waals surface area (Å²) < 4.78 is 4.81. The molecule has 0 aliphatic heterocycles. The third kappa shape index (κ3) is 10.6. The number of aliphatic hydroxyl groups excluding tert-OH is 1. The molecule has 0 fully saturated rings. The zero-order chi connectivity index (χ0) is 32.2. The van der Waals surface area contributed by atoms with E-state index in [1.54, 1.807) is 0 Å². The number of carboxylic acids is 4. The van der Waals surface area contributed by atoms with Crippen molar-refractivity contribution >= 4 is 59.5 Å². The Morgan fingerprint density at radius 2 is 1.64 bits per heavy atom. The predicted octanol–water partition coefficient (Wildman–Crippen LogP) is -2.51. The second kappa shape index (κ2) is 15.8. The Kier molecular flexibility index (Phi) is 13.2. The molecule has 4 atom stereocenters. The second-order valence-electron chi connectivity index (χ2n) is 8.24. The number of ether oxygens (including phenoxy) is 1. The number of benzene rings is 1. The summed E-state index contributed by atoms with van der Waals surface area (Å²) in [5.41, 5.74) is 5.42. The number of phenols is 2. The summed E-state index contributed by atoms with van der Waals surface area (Å²) in [6, 6.07) is 0.0443. The molecule has 11 N–H and O–H groups in total. The highest BCUT2D eigenvalue weighted by Crippen LogP contribution is 2.33. The number of aromatic hydroxyl groups is 2. The van der Waals surface area contributed by atoms with Crippen molar-refractivity contribution in [2.75, 3.05) is 12.3 Å². The maximum Gasteiger partial charge on any atom is 0.362 e. The highest BCUT2D eigenvalue weighted by atomic mass is 32.2. The molecule has 1 aromatic rings. The van der Waals surface area contributed by atoms with Gasteiger partial charge in [0.2, 0.25) is 17.9 Å². The zero-order valence-electron chi connectivity index (χ0n) is 21.3. The molecule has 42 heavy (non-hydrogen) atoms. The molecule has 0 aliphatic carbocycles. The molecule has 1 aromatic carbocycles. The zero-order valence-corrected chi connectivity index (χ0v) is 22.1. The smallest absolute Gasteiger partial charge is 0.362 e. The number of aliphatic hydroxyl groups is 1. The van der Waals surface area contributed by atoms with E-state index in [9.17, 15) is 59.1 Å². The van der Waals surface area contributed by atoms with Crippen LogP contribution in [0.1, 0.15) is 18.4 Å². The lowest BCUT2D eigenvalue weighted by Crippen LogP contribution is -2.56. The molecular formula is C23H27N3O15S. The SMILES string of the molecule is N[C@@H](CCC(=O)N[C@@H](CSC(OC(=O)/C=C/c1ccc(O)c(O)c1)(C(=O)O)C(O)C(=O)O)C(=O)NCC(=O)O)C(=O)O. The van der Waals surface area contributed by atoms with Gasteiger partial charge in [-0.25, -0.2) is 14.4 Å². The number of aliphatic carboxylic acids is 4. The van der Waals surface area contributed by atoms with Gasteiger partial charge in [-0.05, 0) is 30.2 Å². The van der Waals surface area contributed by atoms with Crippen LogP contribution in [-0.2, 0) is 38.3 Å². The Labute approximate surface area is 239 Å². The largest absolute Gasteiger partial charge is 0.504 e. The quantitative estimate of drug-likeness (QED) is 0.0373. The first-order chi connectivity index (χ1) is 19.5. The van der Waals surface area contributed by atoms with E-state index in [1.807, 2.05) is 5.32 Å². The van der Waals surface area contributed by atoms with Crippen molar-refractivity contribution in [3.05, 3.63) is 29.8 Å². The van der Waals surface area contributed by atoms with Gasteiger partial charge in [0.05, 0.1) is 0 Å². The van der Waals surface area contributed by atoms with E-state index >= 15 is 0 Å². The lowest BCUT2D eigenvalue weighted by molar-refractivity contribution is -0.181. The Hall–Kier alpha value is -4.88. The highest BCUT2D eigenvalue weighted by molar-refractivity contribution is 8.01. The molecule has 0 spiro atoms. The van der Waals surface area contributed by atoms with Crippen LogP contribution >= 0.6 is 11.8 Å². The number of nitrogens with one attached hydrogen (secondary N) is 2. The fourth-order valence-electron chi connectivity index (χ4n) is 2.89. The lowest BCUT2D eigenvalue weighted by atomic mass is 10.1. The molecule has 230 valence electrons. The van der Waals surface area contributed by atoms with E-state index in [0.717, 1.165) is 18.2 Å². The van der Waals surface area contributed by atoms with E-state index in [0.29, 0.717) is 6.08 Å². The van der Waals surface area contributed by atoms with Crippen LogP contribution in [0.2, 0.25) is 0 Å². The van der Waals surface area contributed by atoms with Crippen LogP contribution in [0.5, 0.6) is 11.5 Å². The number of phenolic OH excluding ortho intramolecular Hbond substituents is 2. The van der Waals surface area contributed by atoms with E-state index < -0.39 is 101 Å². The van der Waals surface area contributed by atoms with E-state index in [4.69, 9.17) is 20.7 Å². The molecule has 1 rings (SSSR count). The predicted molar refractivity (Wildman–Crippen MR) is 139 cm³/mol. The molecule has 2 amide bonds. The number of carboxylic acid groups (broad SMARTS) is 4. The molecular weight excluding hydrogens is 590 g/mol. The number of thioether (sulfide) groups is 1. The summed E-state index contributed by atoms with van der Waals surface area (Å²) >= 11 is -0.112. The summed E-state index contributed by atoms with van der Waals surface area (Å²) in [6.45, 7) is -0.950. The Morgan fingerprint density at radius 3 is 2.17 bits per heavy atom. The van der Waals surface area contributed by atoms with Crippen LogP contribution in [-0.4, -0.2) is 113 Å². The first-order valence-corrected chi connectivity index (χ1v) is 12.5. The topological polar surface area (TPSA) is 320 Å². The van der Waals surface area contributed by atoms with Crippen molar-refractivity contribution in [1.82, 2.24) is 10.6 Å². The number of amides is 2. The normalized spacial score (nSPS) is 14.5. The summed E-state index contributed by atoms with van der Waals surface area (Å²) in [5, 5.41) is 69.9. The van der Waals surface area contributed by atoms with Gasteiger partial charge in [0.1, 0.15) is 18.6 Å². The molecule has 0 bridgehead atoms. The number of rotatable bonds is 17. The van der Waals surface area contributed by atoms with Gasteiger partial charge in [0.15, 0.2) is 11.5 Å². The van der Waals surface area contributed by atoms with Crippen LogP contribution < -0.4 is 16.4 Å². The van der Waals surface area contributed by atoms with Gasteiger partial charge in [0.25, 0.3) is 4.93 Å². The van der Waals surface area contributed by atoms with Gasteiger partial charge in [-0.15, -0.1) is 0 Å². The molecule has 0 saturated heterocycles. The fraction of sp³-hybridized carbons (Fsp3) is 0.348. The number of nitrogens with two attached hydrogens (primary N) is 1. The maximum atomic E-state index is 12.5. The number of esters is 1. The van der Waals surface area contributed by atoms with E-state index in [-0.39, 0.29) is 17.3 Å². The molecule has 0 saturated carbocycles. The monoisotopic (exact) mass is 617 g/mol. The molecule has 2 unspecified atom stereocenters. The molecule has 18 nitrogen and oxygen atoms in total.